The summed E-state index contributed by atoms with van der Waals surface area (Å²) in [4.78, 5) is 0. The number of nitrogens with zero attached hydrogens (tertiary/aromatic N) is 1. The lowest BCUT2D eigenvalue weighted by atomic mass is 10.1. The average molecular weight is 232 g/mol. The molecule has 0 bridgehead atoms. The maximum Gasteiger partial charge on any atom is 0.0991 e. The predicted molar refractivity (Wildman–Crippen MR) is 70.4 cm³/mol. The first-order chi connectivity index (χ1) is 7.86. The normalized spacial score (nSPS) is 9.69. The number of nitriles is 1. The summed E-state index contributed by atoms with van der Waals surface area (Å²) in [6.07, 6.45) is 1.92. The molecule has 0 aliphatic carbocycles. The Labute approximate surface area is 101 Å². The Morgan fingerprint density at radius 2 is 2.38 bits per heavy atom. The summed E-state index contributed by atoms with van der Waals surface area (Å²) < 4.78 is 0. The number of benzene rings is 1. The third-order valence-corrected chi connectivity index (χ3v) is 3.01. The molecule has 0 unspecified atom stereocenters. The Morgan fingerprint density at radius 1 is 1.50 bits per heavy atom. The molecule has 0 aliphatic heterocycles. The van der Waals surface area contributed by atoms with Crippen LogP contribution in [0.4, 0.5) is 0 Å². The fourth-order valence-corrected chi connectivity index (χ4v) is 1.92. The molecule has 0 aliphatic rings. The first kappa shape index (κ1) is 12.8. The van der Waals surface area contributed by atoms with E-state index in [0.29, 0.717) is 0 Å². The van der Waals surface area contributed by atoms with Crippen LogP contribution in [-0.4, -0.2) is 18.1 Å². The van der Waals surface area contributed by atoms with Crippen LogP contribution in [0.25, 0.3) is 0 Å². The Bertz CT molecular complexity index is 368. The number of hydrogen-bond donors (Lipinski definition) is 1. The molecule has 0 atom stereocenters. The fraction of sp³-hybridized carbons (Fsp3) is 0.308. The van der Waals surface area contributed by atoms with E-state index in [-0.39, 0.29) is 0 Å². The Morgan fingerprint density at radius 3 is 3.12 bits per heavy atom. The van der Waals surface area contributed by atoms with Crippen molar-refractivity contribution in [3.8, 4) is 6.07 Å². The van der Waals surface area contributed by atoms with E-state index >= 15 is 0 Å². The van der Waals surface area contributed by atoms with Crippen LogP contribution < -0.4 is 5.32 Å². The Balaban J connectivity index is 2.21. The van der Waals surface area contributed by atoms with E-state index in [0.717, 1.165) is 35.7 Å². The highest BCUT2D eigenvalue weighted by Gasteiger charge is 1.94. The minimum atomic E-state index is 0.723. The molecular formula is C13H16N2S. The third kappa shape index (κ3) is 5.01. The molecule has 84 valence electrons. The summed E-state index contributed by atoms with van der Waals surface area (Å²) >= 11 is 1.86. The quantitative estimate of drug-likeness (QED) is 0.580. The van der Waals surface area contributed by atoms with E-state index in [1.54, 1.807) is 0 Å². The summed E-state index contributed by atoms with van der Waals surface area (Å²) in [7, 11) is 0. The highest BCUT2D eigenvalue weighted by molar-refractivity contribution is 7.99. The van der Waals surface area contributed by atoms with Gasteiger partial charge in [0, 0.05) is 24.6 Å². The van der Waals surface area contributed by atoms with Gasteiger partial charge in [0.05, 0.1) is 11.6 Å². The largest absolute Gasteiger partial charge is 0.312 e. The standard InChI is InChI=1S/C13H16N2S/c1-2-7-16-8-6-15-11-13-5-3-4-12(9-13)10-14/h2-5,9,15H,1,6-8,11H2. The Kier molecular flexibility index (Phi) is 6.39. The molecule has 0 radical (unpaired) electrons. The molecule has 0 fully saturated rings. The smallest absolute Gasteiger partial charge is 0.0991 e. The zero-order valence-corrected chi connectivity index (χ0v) is 10.1. The van der Waals surface area contributed by atoms with Gasteiger partial charge >= 0.3 is 0 Å². The van der Waals surface area contributed by atoms with Crippen molar-refractivity contribution < 1.29 is 0 Å². The van der Waals surface area contributed by atoms with Gasteiger partial charge in [-0.3, -0.25) is 0 Å². The van der Waals surface area contributed by atoms with Crippen molar-refractivity contribution in [2.75, 3.05) is 18.1 Å². The van der Waals surface area contributed by atoms with Crippen LogP contribution in [0, 0.1) is 11.3 Å². The molecule has 0 heterocycles. The van der Waals surface area contributed by atoms with Crippen LogP contribution in [0.2, 0.25) is 0 Å². The Hall–Kier alpha value is -1.24. The second-order valence-electron chi connectivity index (χ2n) is 3.35. The van der Waals surface area contributed by atoms with Gasteiger partial charge < -0.3 is 5.32 Å². The molecule has 0 amide bonds. The van der Waals surface area contributed by atoms with Crippen LogP contribution in [0.15, 0.2) is 36.9 Å². The van der Waals surface area contributed by atoms with Crippen LogP contribution >= 0.6 is 11.8 Å². The maximum absolute atomic E-state index is 8.75. The lowest BCUT2D eigenvalue weighted by Gasteiger charge is -2.04. The first-order valence-electron chi connectivity index (χ1n) is 5.25. The van der Waals surface area contributed by atoms with Crippen LogP contribution in [-0.2, 0) is 6.54 Å². The first-order valence-corrected chi connectivity index (χ1v) is 6.40. The van der Waals surface area contributed by atoms with Gasteiger partial charge in [-0.1, -0.05) is 18.2 Å². The molecule has 0 saturated carbocycles. The van der Waals surface area contributed by atoms with Gasteiger partial charge in [0.15, 0.2) is 0 Å². The van der Waals surface area contributed by atoms with Gasteiger partial charge in [0.1, 0.15) is 0 Å². The number of thioether (sulfide) groups is 1. The van der Waals surface area contributed by atoms with Gasteiger partial charge in [-0.15, -0.1) is 6.58 Å². The highest BCUT2D eigenvalue weighted by Crippen LogP contribution is 2.04. The van der Waals surface area contributed by atoms with E-state index in [1.807, 2.05) is 42.1 Å². The number of rotatable bonds is 7. The summed E-state index contributed by atoms with van der Waals surface area (Å²) in [6.45, 7) is 5.48. The van der Waals surface area contributed by atoms with Crippen molar-refractivity contribution in [2.24, 2.45) is 0 Å². The zero-order chi connectivity index (χ0) is 11.6. The molecule has 2 nitrogen and oxygen atoms in total. The second-order valence-corrected chi connectivity index (χ2v) is 4.50. The number of hydrogen-bond acceptors (Lipinski definition) is 3. The molecule has 1 aromatic carbocycles. The predicted octanol–water partition coefficient (Wildman–Crippen LogP) is 2.57. The van der Waals surface area contributed by atoms with Crippen molar-refractivity contribution in [2.45, 2.75) is 6.54 Å². The van der Waals surface area contributed by atoms with Crippen LogP contribution in [0.5, 0.6) is 0 Å². The van der Waals surface area contributed by atoms with Crippen molar-refractivity contribution in [3.05, 3.63) is 48.0 Å². The summed E-state index contributed by atoms with van der Waals surface area (Å²) in [5.74, 6) is 2.09. The second kappa shape index (κ2) is 7.98. The van der Waals surface area contributed by atoms with E-state index < -0.39 is 0 Å². The van der Waals surface area contributed by atoms with Crippen molar-refractivity contribution in [1.82, 2.24) is 5.32 Å². The van der Waals surface area contributed by atoms with E-state index in [4.69, 9.17) is 5.26 Å². The van der Waals surface area contributed by atoms with E-state index in [2.05, 4.69) is 18.0 Å². The molecule has 0 saturated heterocycles. The number of nitrogens with one attached hydrogen (secondary N) is 1. The maximum atomic E-state index is 8.75. The van der Waals surface area contributed by atoms with Crippen LogP contribution in [0.1, 0.15) is 11.1 Å². The summed E-state index contributed by atoms with van der Waals surface area (Å²) in [5.41, 5.74) is 1.88. The molecule has 0 aromatic heterocycles. The summed E-state index contributed by atoms with van der Waals surface area (Å²) in [5, 5.41) is 12.1. The van der Waals surface area contributed by atoms with Gasteiger partial charge in [-0.2, -0.15) is 17.0 Å². The minimum absolute atomic E-state index is 0.723. The monoisotopic (exact) mass is 232 g/mol. The SMILES string of the molecule is C=CCSCCNCc1cccc(C#N)c1. The lowest BCUT2D eigenvalue weighted by molar-refractivity contribution is 0.732. The molecule has 3 heteroatoms. The minimum Gasteiger partial charge on any atom is -0.312 e. The molecule has 16 heavy (non-hydrogen) atoms. The average Bonchev–Trinajstić information content (AvgIpc) is 2.34. The van der Waals surface area contributed by atoms with Gasteiger partial charge in [-0.25, -0.2) is 0 Å². The molecule has 1 aromatic rings. The fourth-order valence-electron chi connectivity index (χ4n) is 1.29. The molecule has 0 spiro atoms. The highest BCUT2D eigenvalue weighted by atomic mass is 32.2. The van der Waals surface area contributed by atoms with Crippen molar-refractivity contribution >= 4 is 11.8 Å². The molecular weight excluding hydrogens is 216 g/mol. The van der Waals surface area contributed by atoms with E-state index in [1.165, 1.54) is 0 Å². The molecule has 1 rings (SSSR count). The lowest BCUT2D eigenvalue weighted by Crippen LogP contribution is -2.16. The van der Waals surface area contributed by atoms with Crippen molar-refractivity contribution in [3.63, 3.8) is 0 Å². The van der Waals surface area contributed by atoms with E-state index in [9.17, 15) is 0 Å². The van der Waals surface area contributed by atoms with Gasteiger partial charge in [0.2, 0.25) is 0 Å². The summed E-state index contributed by atoms with van der Waals surface area (Å²) in [6, 6.07) is 9.84. The topological polar surface area (TPSA) is 35.8 Å². The van der Waals surface area contributed by atoms with Gasteiger partial charge in [0.25, 0.3) is 0 Å². The van der Waals surface area contributed by atoms with Crippen molar-refractivity contribution in [1.29, 1.82) is 5.26 Å². The van der Waals surface area contributed by atoms with Gasteiger partial charge in [-0.05, 0) is 17.7 Å². The van der Waals surface area contributed by atoms with Crippen LogP contribution in [0.3, 0.4) is 0 Å². The molecule has 1 N–H and O–H groups in total. The third-order valence-electron chi connectivity index (χ3n) is 2.04. The zero-order valence-electron chi connectivity index (χ0n) is 9.28.